The van der Waals surface area contributed by atoms with Crippen LogP contribution < -0.4 is 4.74 Å². The van der Waals surface area contributed by atoms with Gasteiger partial charge in [-0.3, -0.25) is 4.79 Å². The lowest BCUT2D eigenvalue weighted by atomic mass is 9.92. The summed E-state index contributed by atoms with van der Waals surface area (Å²) in [7, 11) is -2.09. The highest BCUT2D eigenvalue weighted by molar-refractivity contribution is 7.89. The average Bonchev–Trinajstić information content (AvgIpc) is 2.95. The summed E-state index contributed by atoms with van der Waals surface area (Å²) < 4.78 is 32.4. The van der Waals surface area contributed by atoms with Crippen LogP contribution in [0.5, 0.6) is 5.75 Å². The summed E-state index contributed by atoms with van der Waals surface area (Å²) in [6, 6.07) is 6.35. The normalized spacial score (nSPS) is 20.7. The van der Waals surface area contributed by atoms with Crippen LogP contribution in [-0.2, 0) is 14.8 Å². The molecular formula is C16H17NO4S. The molecule has 22 heavy (non-hydrogen) atoms. The van der Waals surface area contributed by atoms with Crippen molar-refractivity contribution in [2.45, 2.75) is 23.3 Å². The van der Waals surface area contributed by atoms with Crippen LogP contribution in [0.4, 0.5) is 0 Å². The summed E-state index contributed by atoms with van der Waals surface area (Å²) in [6.07, 6.45) is 7.73. The van der Waals surface area contributed by atoms with Gasteiger partial charge in [-0.05, 0) is 49.3 Å². The van der Waals surface area contributed by atoms with E-state index in [1.165, 1.54) is 23.6 Å². The molecule has 0 aromatic heterocycles. The average molecular weight is 319 g/mol. The lowest BCUT2D eigenvalue weighted by Gasteiger charge is -2.33. The van der Waals surface area contributed by atoms with E-state index in [2.05, 4.69) is 0 Å². The van der Waals surface area contributed by atoms with Crippen molar-refractivity contribution in [3.8, 4) is 5.75 Å². The third kappa shape index (κ3) is 2.38. The van der Waals surface area contributed by atoms with Crippen LogP contribution in [0.15, 0.2) is 53.5 Å². The Balaban J connectivity index is 1.99. The predicted octanol–water partition coefficient (Wildman–Crippen LogP) is 1.91. The van der Waals surface area contributed by atoms with Gasteiger partial charge in [-0.25, -0.2) is 8.42 Å². The Hall–Kier alpha value is -1.92. The molecule has 1 saturated heterocycles. The van der Waals surface area contributed by atoms with Gasteiger partial charge < -0.3 is 4.74 Å². The van der Waals surface area contributed by atoms with Crippen molar-refractivity contribution in [3.05, 3.63) is 48.6 Å². The van der Waals surface area contributed by atoms with Crippen molar-refractivity contribution < 1.29 is 17.9 Å². The Bertz CT molecular complexity index is 731. The second-order valence-corrected chi connectivity index (χ2v) is 7.28. The van der Waals surface area contributed by atoms with Crippen LogP contribution in [0.25, 0.3) is 0 Å². The first-order valence-electron chi connectivity index (χ1n) is 7.07. The van der Waals surface area contributed by atoms with Gasteiger partial charge in [0.15, 0.2) is 5.78 Å². The van der Waals surface area contributed by atoms with Crippen molar-refractivity contribution in [3.63, 3.8) is 0 Å². The van der Waals surface area contributed by atoms with E-state index >= 15 is 0 Å². The van der Waals surface area contributed by atoms with Crippen molar-refractivity contribution >= 4 is 15.8 Å². The van der Waals surface area contributed by atoms with Crippen LogP contribution in [-0.4, -0.2) is 37.7 Å². The van der Waals surface area contributed by atoms with E-state index in [4.69, 9.17) is 4.74 Å². The fourth-order valence-corrected chi connectivity index (χ4v) is 4.72. The minimum Gasteiger partial charge on any atom is -0.497 e. The molecule has 1 fully saturated rings. The molecule has 1 spiro atoms. The molecule has 1 aliphatic heterocycles. The molecule has 3 rings (SSSR count). The third-order valence-electron chi connectivity index (χ3n) is 4.12. The second-order valence-electron chi connectivity index (χ2n) is 5.42. The lowest BCUT2D eigenvalue weighted by Crippen LogP contribution is -2.45. The quantitative estimate of drug-likeness (QED) is 0.854. The summed E-state index contributed by atoms with van der Waals surface area (Å²) in [5.41, 5.74) is -0.716. The smallest absolute Gasteiger partial charge is 0.244 e. The molecule has 1 heterocycles. The van der Waals surface area contributed by atoms with Crippen LogP contribution in [0.3, 0.4) is 0 Å². The number of methoxy groups -OCH3 is 1. The summed E-state index contributed by atoms with van der Waals surface area (Å²) in [5.74, 6) is 0.498. The first kappa shape index (κ1) is 15.0. The fourth-order valence-electron chi connectivity index (χ4n) is 2.95. The molecule has 0 unspecified atom stereocenters. The number of allylic oxidation sites excluding steroid dienone is 2. The number of benzene rings is 1. The number of carbonyl (C=O) groups excluding carboxylic acids is 1. The third-order valence-corrected chi connectivity index (χ3v) is 6.09. The van der Waals surface area contributed by atoms with E-state index in [0.717, 1.165) is 6.42 Å². The van der Waals surface area contributed by atoms with Gasteiger partial charge in [0.05, 0.1) is 17.5 Å². The largest absolute Gasteiger partial charge is 0.497 e. The van der Waals surface area contributed by atoms with Crippen LogP contribution in [0.2, 0.25) is 0 Å². The molecule has 0 N–H and O–H groups in total. The minimum absolute atomic E-state index is 0.112. The van der Waals surface area contributed by atoms with Gasteiger partial charge in [0.25, 0.3) is 0 Å². The van der Waals surface area contributed by atoms with Crippen molar-refractivity contribution in [1.82, 2.24) is 4.31 Å². The monoisotopic (exact) mass is 319 g/mol. The van der Waals surface area contributed by atoms with Crippen molar-refractivity contribution in [1.29, 1.82) is 0 Å². The maximum atomic E-state index is 12.9. The number of carbonyl (C=O) groups is 1. The highest BCUT2D eigenvalue weighted by Crippen LogP contribution is 2.38. The molecule has 0 bridgehead atoms. The Kier molecular flexibility index (Phi) is 3.66. The summed E-state index contributed by atoms with van der Waals surface area (Å²) >= 11 is 0. The van der Waals surface area contributed by atoms with Gasteiger partial charge in [0, 0.05) is 6.54 Å². The van der Waals surface area contributed by atoms with E-state index in [0.29, 0.717) is 18.7 Å². The molecule has 1 aromatic carbocycles. The molecule has 116 valence electrons. The Morgan fingerprint density at radius 1 is 1.14 bits per heavy atom. The zero-order valence-electron chi connectivity index (χ0n) is 12.2. The van der Waals surface area contributed by atoms with Crippen LogP contribution in [0.1, 0.15) is 12.8 Å². The molecular weight excluding hydrogens is 302 g/mol. The SMILES string of the molecule is COc1ccc(S(=O)(=O)N2CCCC23C=CC(=O)C=C3)cc1. The maximum Gasteiger partial charge on any atom is 0.244 e. The molecule has 0 amide bonds. The Labute approximate surface area is 129 Å². The number of hydrogen-bond donors (Lipinski definition) is 0. The molecule has 1 aliphatic carbocycles. The zero-order valence-corrected chi connectivity index (χ0v) is 13.0. The molecule has 0 saturated carbocycles. The molecule has 0 atom stereocenters. The molecule has 0 radical (unpaired) electrons. The van der Waals surface area contributed by atoms with Gasteiger partial charge in [0.1, 0.15) is 5.75 Å². The summed E-state index contributed by atoms with van der Waals surface area (Å²) in [5, 5.41) is 0. The first-order valence-corrected chi connectivity index (χ1v) is 8.51. The van der Waals surface area contributed by atoms with E-state index < -0.39 is 15.6 Å². The first-order chi connectivity index (χ1) is 10.5. The van der Waals surface area contributed by atoms with Crippen LogP contribution >= 0.6 is 0 Å². The van der Waals surface area contributed by atoms with E-state index in [1.54, 1.807) is 36.4 Å². The van der Waals surface area contributed by atoms with E-state index in [1.807, 2.05) is 0 Å². The van der Waals surface area contributed by atoms with Gasteiger partial charge in [0.2, 0.25) is 10.0 Å². The highest BCUT2D eigenvalue weighted by Gasteiger charge is 2.45. The topological polar surface area (TPSA) is 63.7 Å². The van der Waals surface area contributed by atoms with Crippen molar-refractivity contribution in [2.24, 2.45) is 0 Å². The van der Waals surface area contributed by atoms with Gasteiger partial charge in [-0.15, -0.1) is 0 Å². The molecule has 6 heteroatoms. The standard InChI is InChI=1S/C16H17NO4S/c1-21-14-3-5-15(6-4-14)22(19,20)17-12-2-9-16(17)10-7-13(18)8-11-16/h3-8,10-11H,2,9,12H2,1H3. The molecule has 5 nitrogen and oxygen atoms in total. The zero-order chi connectivity index (χ0) is 15.8. The van der Waals surface area contributed by atoms with Gasteiger partial charge >= 0.3 is 0 Å². The maximum absolute atomic E-state index is 12.9. The highest BCUT2D eigenvalue weighted by atomic mass is 32.2. The fraction of sp³-hybridized carbons (Fsp3) is 0.312. The summed E-state index contributed by atoms with van der Waals surface area (Å²) in [4.78, 5) is 11.6. The number of nitrogens with zero attached hydrogens (tertiary/aromatic N) is 1. The van der Waals surface area contributed by atoms with Gasteiger partial charge in [-0.2, -0.15) is 4.31 Å². The van der Waals surface area contributed by atoms with Crippen molar-refractivity contribution in [2.75, 3.05) is 13.7 Å². The molecule has 1 aromatic rings. The Morgan fingerprint density at radius 3 is 2.36 bits per heavy atom. The minimum atomic E-state index is -3.63. The van der Waals surface area contributed by atoms with E-state index in [-0.39, 0.29) is 10.7 Å². The van der Waals surface area contributed by atoms with Crippen LogP contribution in [0, 0.1) is 0 Å². The molecule has 2 aliphatic rings. The predicted molar refractivity (Wildman–Crippen MR) is 82.1 cm³/mol. The lowest BCUT2D eigenvalue weighted by molar-refractivity contribution is -0.110. The Morgan fingerprint density at radius 2 is 1.77 bits per heavy atom. The number of sulfonamides is 1. The number of rotatable bonds is 3. The second kappa shape index (κ2) is 5.37. The summed E-state index contributed by atoms with van der Waals surface area (Å²) in [6.45, 7) is 0.442. The van der Waals surface area contributed by atoms with Gasteiger partial charge in [-0.1, -0.05) is 12.2 Å². The number of ether oxygens (including phenoxy) is 1. The number of hydrogen-bond acceptors (Lipinski definition) is 4. The number of ketones is 1. The van der Waals surface area contributed by atoms with E-state index in [9.17, 15) is 13.2 Å².